The molecule has 2 rings (SSSR count). The summed E-state index contributed by atoms with van der Waals surface area (Å²) < 4.78 is 26.4. The Morgan fingerprint density at radius 1 is 1.15 bits per heavy atom. The van der Waals surface area contributed by atoms with E-state index in [1.54, 1.807) is 0 Å². The Morgan fingerprint density at radius 2 is 1.81 bits per heavy atom. The SMILES string of the molecule is O=C(CCCNS(=O)(=O)c1ccc([N+](=O)[O-])cc1)Nc1ncc([N+](=O)[O-])s1. The highest BCUT2D eigenvalue weighted by Gasteiger charge is 2.16. The van der Waals surface area contributed by atoms with Gasteiger partial charge in [0.05, 0.1) is 14.7 Å². The number of anilines is 1. The first-order chi connectivity index (χ1) is 12.7. The number of carbonyl (C=O) groups excluding carboxylic acids is 1. The molecule has 27 heavy (non-hydrogen) atoms. The lowest BCUT2D eigenvalue weighted by Gasteiger charge is -2.06. The lowest BCUT2D eigenvalue weighted by Crippen LogP contribution is -2.25. The third-order valence-electron chi connectivity index (χ3n) is 3.15. The van der Waals surface area contributed by atoms with Crippen molar-refractivity contribution in [2.75, 3.05) is 11.9 Å². The number of nitro benzene ring substituents is 1. The van der Waals surface area contributed by atoms with Gasteiger partial charge in [-0.3, -0.25) is 25.0 Å². The standard InChI is InChI=1S/C13H13N5O7S2/c19-11(16-13-14-8-12(26-13)18(22)23)2-1-7-15-27(24,25)10-5-3-9(4-6-10)17(20)21/h3-6,8,15H,1-2,7H2,(H,14,16,19). The van der Waals surface area contributed by atoms with Gasteiger partial charge in [0.15, 0.2) is 5.13 Å². The maximum absolute atomic E-state index is 12.1. The highest BCUT2D eigenvalue weighted by atomic mass is 32.2. The Morgan fingerprint density at radius 3 is 2.37 bits per heavy atom. The minimum Gasteiger partial charge on any atom is -0.302 e. The molecule has 144 valence electrons. The van der Waals surface area contributed by atoms with Crippen LogP contribution < -0.4 is 10.0 Å². The molecule has 1 aromatic carbocycles. The number of hydrogen-bond acceptors (Lipinski definition) is 9. The summed E-state index contributed by atoms with van der Waals surface area (Å²) in [7, 11) is -3.86. The summed E-state index contributed by atoms with van der Waals surface area (Å²) in [6, 6.07) is 4.38. The molecule has 2 N–H and O–H groups in total. The molecular formula is C13H13N5O7S2. The maximum Gasteiger partial charge on any atom is 0.345 e. The second kappa shape index (κ2) is 8.61. The van der Waals surface area contributed by atoms with Crippen molar-refractivity contribution >= 4 is 43.1 Å². The van der Waals surface area contributed by atoms with Crippen LogP contribution in [0.2, 0.25) is 0 Å². The number of aromatic nitrogens is 1. The molecule has 0 saturated carbocycles. The molecule has 1 amide bonds. The van der Waals surface area contributed by atoms with Crippen LogP contribution in [-0.2, 0) is 14.8 Å². The molecule has 0 unspecified atom stereocenters. The van der Waals surface area contributed by atoms with Crippen molar-refractivity contribution < 1.29 is 23.1 Å². The average molecular weight is 415 g/mol. The summed E-state index contributed by atoms with van der Waals surface area (Å²) in [6.45, 7) is -0.0369. The van der Waals surface area contributed by atoms with E-state index in [1.165, 1.54) is 0 Å². The molecule has 1 heterocycles. The van der Waals surface area contributed by atoms with E-state index in [-0.39, 0.29) is 40.1 Å². The molecular weight excluding hydrogens is 402 g/mol. The van der Waals surface area contributed by atoms with Crippen LogP contribution >= 0.6 is 11.3 Å². The van der Waals surface area contributed by atoms with E-state index in [0.717, 1.165) is 30.5 Å². The van der Waals surface area contributed by atoms with Gasteiger partial charge in [-0.1, -0.05) is 0 Å². The van der Waals surface area contributed by atoms with Crippen molar-refractivity contribution in [3.05, 3.63) is 50.7 Å². The molecule has 0 aliphatic carbocycles. The molecule has 2 aromatic rings. The Kier molecular flexibility index (Phi) is 6.49. The van der Waals surface area contributed by atoms with Crippen LogP contribution in [0.15, 0.2) is 35.4 Å². The number of benzene rings is 1. The van der Waals surface area contributed by atoms with Crippen LogP contribution in [0, 0.1) is 20.2 Å². The smallest absolute Gasteiger partial charge is 0.302 e. The van der Waals surface area contributed by atoms with Gasteiger partial charge < -0.3 is 5.32 Å². The molecule has 0 radical (unpaired) electrons. The van der Waals surface area contributed by atoms with Crippen LogP contribution in [0.3, 0.4) is 0 Å². The van der Waals surface area contributed by atoms with E-state index in [4.69, 9.17) is 0 Å². The summed E-state index contributed by atoms with van der Waals surface area (Å²) in [5, 5.41) is 23.4. The van der Waals surface area contributed by atoms with Crippen molar-refractivity contribution in [3.8, 4) is 0 Å². The Hall–Kier alpha value is -2.97. The van der Waals surface area contributed by atoms with Gasteiger partial charge in [0, 0.05) is 25.1 Å². The minimum absolute atomic E-state index is 0.0316. The van der Waals surface area contributed by atoms with E-state index in [2.05, 4.69) is 15.0 Å². The summed E-state index contributed by atoms with van der Waals surface area (Å²) in [5.41, 5.74) is -0.229. The maximum atomic E-state index is 12.1. The second-order valence-corrected chi connectivity index (χ2v) is 7.84. The summed E-state index contributed by atoms with van der Waals surface area (Å²) in [6.07, 6.45) is 1.17. The fourth-order valence-corrected chi connectivity index (χ4v) is 3.60. The Balaban J connectivity index is 1.80. The molecule has 14 heteroatoms. The first-order valence-electron chi connectivity index (χ1n) is 7.33. The predicted octanol–water partition coefficient (Wildman–Crippen LogP) is 1.66. The van der Waals surface area contributed by atoms with Crippen LogP contribution in [0.4, 0.5) is 15.8 Å². The summed E-state index contributed by atoms with van der Waals surface area (Å²) >= 11 is 0.712. The van der Waals surface area contributed by atoms with Crippen molar-refractivity contribution in [1.29, 1.82) is 0 Å². The molecule has 0 spiro atoms. The van der Waals surface area contributed by atoms with Crippen LogP contribution in [0.25, 0.3) is 0 Å². The zero-order valence-corrected chi connectivity index (χ0v) is 15.2. The normalized spacial score (nSPS) is 11.1. The summed E-state index contributed by atoms with van der Waals surface area (Å²) in [4.78, 5) is 35.1. The van der Waals surface area contributed by atoms with Gasteiger partial charge in [-0.2, -0.15) is 0 Å². The van der Waals surface area contributed by atoms with E-state index in [0.29, 0.717) is 11.3 Å². The van der Waals surface area contributed by atoms with Gasteiger partial charge >= 0.3 is 5.00 Å². The number of sulfonamides is 1. The van der Waals surface area contributed by atoms with Crippen molar-refractivity contribution in [3.63, 3.8) is 0 Å². The molecule has 1 aromatic heterocycles. The number of carbonyl (C=O) groups is 1. The lowest BCUT2D eigenvalue weighted by molar-refractivity contribution is -0.384. The number of non-ortho nitro benzene ring substituents is 1. The average Bonchev–Trinajstić information content (AvgIpc) is 3.07. The third-order valence-corrected chi connectivity index (χ3v) is 5.49. The van der Waals surface area contributed by atoms with Gasteiger partial charge in [0.1, 0.15) is 6.20 Å². The number of thiazole rings is 1. The number of nitro groups is 2. The largest absolute Gasteiger partial charge is 0.345 e. The van der Waals surface area contributed by atoms with Gasteiger partial charge in [0.25, 0.3) is 5.69 Å². The zero-order chi connectivity index (χ0) is 20.0. The Bertz CT molecular complexity index is 956. The number of nitrogens with one attached hydrogen (secondary N) is 2. The van der Waals surface area contributed by atoms with E-state index < -0.39 is 25.8 Å². The van der Waals surface area contributed by atoms with E-state index in [1.807, 2.05) is 0 Å². The minimum atomic E-state index is -3.86. The van der Waals surface area contributed by atoms with Crippen molar-refractivity contribution in [2.45, 2.75) is 17.7 Å². The van der Waals surface area contributed by atoms with Gasteiger partial charge in [-0.25, -0.2) is 18.1 Å². The van der Waals surface area contributed by atoms with Crippen LogP contribution in [-0.4, -0.2) is 35.7 Å². The van der Waals surface area contributed by atoms with Gasteiger partial charge in [0.2, 0.25) is 15.9 Å². The van der Waals surface area contributed by atoms with Crippen LogP contribution in [0.1, 0.15) is 12.8 Å². The number of rotatable bonds is 9. The number of hydrogen-bond donors (Lipinski definition) is 2. The monoisotopic (exact) mass is 415 g/mol. The molecule has 0 bridgehead atoms. The molecule has 0 saturated heterocycles. The van der Waals surface area contributed by atoms with E-state index >= 15 is 0 Å². The fourth-order valence-electron chi connectivity index (χ4n) is 1.88. The quantitative estimate of drug-likeness (QED) is 0.353. The molecule has 12 nitrogen and oxygen atoms in total. The van der Waals surface area contributed by atoms with E-state index in [9.17, 15) is 33.4 Å². The lowest BCUT2D eigenvalue weighted by atomic mass is 10.3. The molecule has 0 aliphatic rings. The first kappa shape index (κ1) is 20.3. The molecule has 0 atom stereocenters. The number of amides is 1. The zero-order valence-electron chi connectivity index (χ0n) is 13.5. The topological polar surface area (TPSA) is 174 Å². The first-order valence-corrected chi connectivity index (χ1v) is 9.63. The third kappa shape index (κ3) is 5.77. The van der Waals surface area contributed by atoms with Crippen LogP contribution in [0.5, 0.6) is 0 Å². The second-order valence-electron chi connectivity index (χ2n) is 5.06. The van der Waals surface area contributed by atoms with Crippen molar-refractivity contribution in [2.24, 2.45) is 0 Å². The van der Waals surface area contributed by atoms with Gasteiger partial charge in [-0.05, 0) is 29.9 Å². The molecule has 0 aliphatic heterocycles. The van der Waals surface area contributed by atoms with Gasteiger partial charge in [-0.15, -0.1) is 0 Å². The molecule has 0 fully saturated rings. The van der Waals surface area contributed by atoms with Crippen molar-refractivity contribution in [1.82, 2.24) is 9.71 Å². The fraction of sp³-hybridized carbons (Fsp3) is 0.231. The highest BCUT2D eigenvalue weighted by molar-refractivity contribution is 7.89. The summed E-state index contributed by atoms with van der Waals surface area (Å²) in [5.74, 6) is -0.464. The Labute approximate surface area is 156 Å². The highest BCUT2D eigenvalue weighted by Crippen LogP contribution is 2.25. The predicted molar refractivity (Wildman–Crippen MR) is 94.9 cm³/mol. The number of nitrogens with zero attached hydrogens (tertiary/aromatic N) is 3.